The van der Waals surface area contributed by atoms with Crippen LogP contribution in [0.25, 0.3) is 0 Å². The van der Waals surface area contributed by atoms with Crippen LogP contribution in [0.15, 0.2) is 112 Å². The molecule has 0 fully saturated rings. The molecule has 2 atom stereocenters. The number of aryl methyl sites for hydroxylation is 1. The molecular weight excluding hydrogens is 674 g/mol. The number of hydrogen-bond donors (Lipinski definition) is 1. The van der Waals surface area contributed by atoms with Gasteiger partial charge in [-0.05, 0) is 79.4 Å². The number of sulfonamides is 1. The lowest BCUT2D eigenvalue weighted by atomic mass is 10.0. The van der Waals surface area contributed by atoms with Gasteiger partial charge in [-0.1, -0.05) is 95.1 Å². The van der Waals surface area contributed by atoms with Crippen molar-refractivity contribution >= 4 is 55.1 Å². The maximum Gasteiger partial charge on any atom is 0.264 e. The van der Waals surface area contributed by atoms with Crippen LogP contribution in [-0.4, -0.2) is 43.8 Å². The van der Waals surface area contributed by atoms with Crippen molar-refractivity contribution in [2.75, 3.05) is 10.8 Å². The van der Waals surface area contributed by atoms with Gasteiger partial charge in [0.25, 0.3) is 10.0 Å². The van der Waals surface area contributed by atoms with Gasteiger partial charge in [-0.3, -0.25) is 13.9 Å². The summed E-state index contributed by atoms with van der Waals surface area (Å²) in [5.41, 5.74) is 2.56. The smallest absolute Gasteiger partial charge is 0.264 e. The molecule has 7 nitrogen and oxygen atoms in total. The Labute approximate surface area is 279 Å². The van der Waals surface area contributed by atoms with Crippen LogP contribution >= 0.6 is 27.5 Å². The van der Waals surface area contributed by atoms with Crippen molar-refractivity contribution in [3.8, 4) is 0 Å². The van der Waals surface area contributed by atoms with Crippen LogP contribution < -0.4 is 9.62 Å². The van der Waals surface area contributed by atoms with Crippen LogP contribution in [0.4, 0.5) is 5.69 Å². The number of nitrogens with one attached hydrogen (secondary N) is 1. The molecule has 45 heavy (non-hydrogen) atoms. The molecular formula is C35H37BrClN3O4S. The Morgan fingerprint density at radius 3 is 2.16 bits per heavy atom. The number of amides is 2. The third-order valence-corrected chi connectivity index (χ3v) is 10.1. The van der Waals surface area contributed by atoms with E-state index in [0.29, 0.717) is 22.7 Å². The largest absolute Gasteiger partial charge is 0.352 e. The highest BCUT2D eigenvalue weighted by molar-refractivity contribution is 9.10. The van der Waals surface area contributed by atoms with Crippen molar-refractivity contribution in [1.29, 1.82) is 0 Å². The molecule has 4 aromatic rings. The summed E-state index contributed by atoms with van der Waals surface area (Å²) in [5.74, 6) is -0.833. The average Bonchev–Trinajstić information content (AvgIpc) is 3.02. The molecule has 0 bridgehead atoms. The molecule has 1 N–H and O–H groups in total. The fraction of sp³-hybridized carbons (Fsp3) is 0.257. The van der Waals surface area contributed by atoms with E-state index in [-0.39, 0.29) is 29.8 Å². The molecule has 0 aliphatic heterocycles. The number of hydrogen-bond acceptors (Lipinski definition) is 4. The molecule has 236 valence electrons. The summed E-state index contributed by atoms with van der Waals surface area (Å²) in [6.45, 7) is 5.19. The van der Waals surface area contributed by atoms with Crippen molar-refractivity contribution in [3.05, 3.63) is 129 Å². The Bertz CT molecular complexity index is 1720. The quantitative estimate of drug-likeness (QED) is 0.160. The third kappa shape index (κ3) is 8.96. The molecule has 0 aliphatic carbocycles. The number of carbonyl (C=O) groups is 2. The van der Waals surface area contributed by atoms with Crippen molar-refractivity contribution in [3.63, 3.8) is 0 Å². The fourth-order valence-electron chi connectivity index (χ4n) is 4.96. The Hall–Kier alpha value is -3.66. The third-order valence-electron chi connectivity index (χ3n) is 7.55. The van der Waals surface area contributed by atoms with Gasteiger partial charge >= 0.3 is 0 Å². The molecule has 0 saturated carbocycles. The number of carbonyl (C=O) groups excluding carboxylic acids is 2. The number of rotatable bonds is 13. The molecule has 10 heteroatoms. The minimum absolute atomic E-state index is 0.0426. The maximum absolute atomic E-state index is 14.6. The summed E-state index contributed by atoms with van der Waals surface area (Å²) in [6, 6.07) is 28.8. The SMILES string of the molecule is CC[C@H](C)NC(=O)[C@H](Cc1ccccc1)N(Cc1cccc(Br)c1)C(=O)CN(c1ccc(Cl)cc1C)S(=O)(=O)c1ccccc1. The van der Waals surface area contributed by atoms with Crippen molar-refractivity contribution in [2.45, 2.75) is 57.1 Å². The zero-order chi connectivity index (χ0) is 32.6. The average molecular weight is 711 g/mol. The molecule has 0 spiro atoms. The topological polar surface area (TPSA) is 86.8 Å². The molecule has 0 saturated heterocycles. The van der Waals surface area contributed by atoms with E-state index in [1.165, 1.54) is 17.0 Å². The summed E-state index contributed by atoms with van der Waals surface area (Å²) in [4.78, 5) is 30.0. The first-order valence-corrected chi connectivity index (χ1v) is 17.3. The molecule has 0 heterocycles. The Morgan fingerprint density at radius 2 is 1.53 bits per heavy atom. The van der Waals surface area contributed by atoms with Gasteiger partial charge in [0.05, 0.1) is 10.6 Å². The number of nitrogens with zero attached hydrogens (tertiary/aromatic N) is 2. The zero-order valence-electron chi connectivity index (χ0n) is 25.5. The maximum atomic E-state index is 14.6. The first kappa shape index (κ1) is 34.2. The van der Waals surface area contributed by atoms with Gasteiger partial charge < -0.3 is 10.2 Å². The van der Waals surface area contributed by atoms with Gasteiger partial charge in [0.1, 0.15) is 12.6 Å². The minimum Gasteiger partial charge on any atom is -0.352 e. The Balaban J connectivity index is 1.83. The van der Waals surface area contributed by atoms with Crippen molar-refractivity contribution < 1.29 is 18.0 Å². The molecule has 4 rings (SSSR count). The number of anilines is 1. The summed E-state index contributed by atoms with van der Waals surface area (Å²) >= 11 is 9.73. The van der Waals surface area contributed by atoms with Gasteiger partial charge in [-0.25, -0.2) is 8.42 Å². The normalized spacial score (nSPS) is 12.6. The van der Waals surface area contributed by atoms with E-state index in [2.05, 4.69) is 21.2 Å². The van der Waals surface area contributed by atoms with Gasteiger partial charge in [0, 0.05) is 28.5 Å². The lowest BCUT2D eigenvalue weighted by molar-refractivity contribution is -0.140. The second-order valence-electron chi connectivity index (χ2n) is 10.9. The summed E-state index contributed by atoms with van der Waals surface area (Å²) in [6.07, 6.45) is 0.955. The second kappa shape index (κ2) is 15.6. The van der Waals surface area contributed by atoms with Crippen LogP contribution in [0.3, 0.4) is 0 Å². The lowest BCUT2D eigenvalue weighted by Gasteiger charge is -2.34. The second-order valence-corrected chi connectivity index (χ2v) is 14.1. The molecule has 4 aromatic carbocycles. The van der Waals surface area contributed by atoms with Gasteiger partial charge in [-0.2, -0.15) is 0 Å². The fourth-order valence-corrected chi connectivity index (χ4v) is 7.13. The molecule has 0 aliphatic rings. The van der Waals surface area contributed by atoms with E-state index in [9.17, 15) is 18.0 Å². The monoisotopic (exact) mass is 709 g/mol. The predicted molar refractivity (Wildman–Crippen MR) is 184 cm³/mol. The summed E-state index contributed by atoms with van der Waals surface area (Å²) in [7, 11) is -4.19. The molecule has 0 aromatic heterocycles. The zero-order valence-corrected chi connectivity index (χ0v) is 28.6. The van der Waals surface area contributed by atoms with Crippen LogP contribution in [0, 0.1) is 6.92 Å². The van der Waals surface area contributed by atoms with Gasteiger partial charge in [0.15, 0.2) is 0 Å². The van der Waals surface area contributed by atoms with Crippen molar-refractivity contribution in [1.82, 2.24) is 10.2 Å². The van der Waals surface area contributed by atoms with Crippen molar-refractivity contribution in [2.24, 2.45) is 0 Å². The Kier molecular flexibility index (Phi) is 11.8. The van der Waals surface area contributed by atoms with E-state index < -0.39 is 28.5 Å². The van der Waals surface area contributed by atoms with Crippen LogP contribution in [0.2, 0.25) is 5.02 Å². The van der Waals surface area contributed by atoms with Crippen LogP contribution in [-0.2, 0) is 32.6 Å². The minimum atomic E-state index is -4.19. The van der Waals surface area contributed by atoms with Gasteiger partial charge in [0.2, 0.25) is 11.8 Å². The number of benzene rings is 4. The van der Waals surface area contributed by atoms with Crippen LogP contribution in [0.1, 0.15) is 37.0 Å². The molecule has 0 unspecified atom stereocenters. The van der Waals surface area contributed by atoms with E-state index >= 15 is 0 Å². The molecule has 0 radical (unpaired) electrons. The highest BCUT2D eigenvalue weighted by Gasteiger charge is 2.35. The predicted octanol–water partition coefficient (Wildman–Crippen LogP) is 7.16. The highest BCUT2D eigenvalue weighted by Crippen LogP contribution is 2.30. The Morgan fingerprint density at radius 1 is 0.889 bits per heavy atom. The van der Waals surface area contributed by atoms with E-state index in [4.69, 9.17) is 11.6 Å². The lowest BCUT2D eigenvalue weighted by Crippen LogP contribution is -2.54. The van der Waals surface area contributed by atoms with Crippen LogP contribution in [0.5, 0.6) is 0 Å². The number of halogens is 2. The van der Waals surface area contributed by atoms with E-state index in [1.807, 2.05) is 68.4 Å². The first-order chi connectivity index (χ1) is 21.5. The molecule has 2 amide bonds. The highest BCUT2D eigenvalue weighted by atomic mass is 79.9. The first-order valence-electron chi connectivity index (χ1n) is 14.7. The van der Waals surface area contributed by atoms with E-state index in [1.54, 1.807) is 43.3 Å². The van der Waals surface area contributed by atoms with E-state index in [0.717, 1.165) is 19.9 Å². The summed E-state index contributed by atoms with van der Waals surface area (Å²) < 4.78 is 30.2. The van der Waals surface area contributed by atoms with Gasteiger partial charge in [-0.15, -0.1) is 0 Å². The summed E-state index contributed by atoms with van der Waals surface area (Å²) in [5, 5.41) is 3.50. The standard InChI is InChI=1S/C35H37BrClN3O4S/c1-4-26(3)38-35(42)33(22-27-12-7-5-8-13-27)39(23-28-14-11-15-29(36)21-28)34(41)24-40(32-19-18-30(37)20-25(32)2)45(43,44)31-16-9-6-10-17-31/h5-21,26,33H,4,22-24H2,1-3H3,(H,38,42)/t26-,33-/m0/s1.